The molecule has 0 saturated carbocycles. The number of hydrogen-bond donors (Lipinski definition) is 2. The van der Waals surface area contributed by atoms with Crippen LogP contribution in [0.15, 0.2) is 47.8 Å². The second kappa shape index (κ2) is 7.06. The topological polar surface area (TPSA) is 78.5 Å². The van der Waals surface area contributed by atoms with Gasteiger partial charge < -0.3 is 10.6 Å². The van der Waals surface area contributed by atoms with Gasteiger partial charge in [-0.05, 0) is 30.4 Å². The Kier molecular flexibility index (Phi) is 4.85. The summed E-state index contributed by atoms with van der Waals surface area (Å²) in [5.41, 5.74) is -0.454. The molecule has 0 radical (unpaired) electrons. The summed E-state index contributed by atoms with van der Waals surface area (Å²) >= 11 is 1.63. The number of nitrogens with zero attached hydrogens (tertiary/aromatic N) is 1. The van der Waals surface area contributed by atoms with E-state index in [4.69, 9.17) is 0 Å². The van der Waals surface area contributed by atoms with Crippen molar-refractivity contribution in [3.8, 4) is 0 Å². The second-order valence-electron chi connectivity index (χ2n) is 5.99. The van der Waals surface area contributed by atoms with Crippen molar-refractivity contribution in [2.45, 2.75) is 18.9 Å². The van der Waals surface area contributed by atoms with Crippen LogP contribution in [0.5, 0.6) is 0 Å². The first-order valence-electron chi connectivity index (χ1n) is 7.99. The first kappa shape index (κ1) is 17.2. The minimum atomic E-state index is -1.14. The lowest BCUT2D eigenvalue weighted by atomic mass is 9.92. The van der Waals surface area contributed by atoms with Crippen molar-refractivity contribution in [1.29, 1.82) is 0 Å². The molecule has 3 rings (SSSR count). The molecule has 6 nitrogen and oxygen atoms in total. The zero-order valence-corrected chi connectivity index (χ0v) is 14.6. The summed E-state index contributed by atoms with van der Waals surface area (Å²) in [5.74, 6) is -0.769. The van der Waals surface area contributed by atoms with E-state index < -0.39 is 17.5 Å². The highest BCUT2D eigenvalue weighted by atomic mass is 32.1. The lowest BCUT2D eigenvalue weighted by molar-refractivity contribution is -0.134. The molecule has 0 aliphatic carbocycles. The number of nitrogens with one attached hydrogen (secondary N) is 2. The Hall–Kier alpha value is -2.67. The number of benzene rings is 1. The Morgan fingerprint density at radius 1 is 1.20 bits per heavy atom. The van der Waals surface area contributed by atoms with Gasteiger partial charge in [-0.1, -0.05) is 36.4 Å². The number of carbonyl (C=O) groups excluding carboxylic acids is 3. The van der Waals surface area contributed by atoms with Gasteiger partial charge in [0.1, 0.15) is 12.1 Å². The first-order valence-corrected chi connectivity index (χ1v) is 8.87. The molecule has 1 atom stereocenters. The Morgan fingerprint density at radius 2 is 1.96 bits per heavy atom. The fourth-order valence-electron chi connectivity index (χ4n) is 2.79. The number of imide groups is 1. The van der Waals surface area contributed by atoms with E-state index in [2.05, 4.69) is 10.6 Å². The summed E-state index contributed by atoms with van der Waals surface area (Å²) < 4.78 is 0. The van der Waals surface area contributed by atoms with Crippen LogP contribution in [0.2, 0.25) is 0 Å². The molecule has 130 valence electrons. The molecule has 1 saturated heterocycles. The van der Waals surface area contributed by atoms with Gasteiger partial charge in [0.05, 0.1) is 0 Å². The quantitative estimate of drug-likeness (QED) is 0.775. The predicted molar refractivity (Wildman–Crippen MR) is 95.1 cm³/mol. The summed E-state index contributed by atoms with van der Waals surface area (Å²) in [7, 11) is 0. The van der Waals surface area contributed by atoms with E-state index in [1.807, 2.05) is 23.6 Å². The van der Waals surface area contributed by atoms with Gasteiger partial charge in [0, 0.05) is 11.4 Å². The highest BCUT2D eigenvalue weighted by molar-refractivity contribution is 7.09. The molecule has 4 amide bonds. The molecular formula is C18H19N3O3S. The highest BCUT2D eigenvalue weighted by Gasteiger charge is 2.49. The smallest absolute Gasteiger partial charge is 0.325 e. The maximum absolute atomic E-state index is 12.7. The fourth-order valence-corrected chi connectivity index (χ4v) is 3.50. The summed E-state index contributed by atoms with van der Waals surface area (Å²) in [4.78, 5) is 39.1. The lowest BCUT2D eigenvalue weighted by Crippen LogP contribution is -2.43. The molecule has 25 heavy (non-hydrogen) atoms. The predicted octanol–water partition coefficient (Wildman–Crippen LogP) is 1.87. The van der Waals surface area contributed by atoms with E-state index in [-0.39, 0.29) is 12.5 Å². The van der Waals surface area contributed by atoms with Crippen LogP contribution < -0.4 is 10.6 Å². The largest absolute Gasteiger partial charge is 0.354 e. The van der Waals surface area contributed by atoms with Gasteiger partial charge in [0.25, 0.3) is 5.91 Å². The van der Waals surface area contributed by atoms with E-state index in [1.54, 1.807) is 42.5 Å². The Labute approximate surface area is 149 Å². The molecular weight excluding hydrogens is 338 g/mol. The highest BCUT2D eigenvalue weighted by Crippen LogP contribution is 2.28. The number of carbonyl (C=O) groups is 3. The van der Waals surface area contributed by atoms with Crippen LogP contribution in [-0.2, 0) is 21.5 Å². The Bertz CT molecular complexity index is 776. The van der Waals surface area contributed by atoms with Crippen LogP contribution in [0.25, 0.3) is 0 Å². The van der Waals surface area contributed by atoms with Crippen LogP contribution in [0, 0.1) is 0 Å². The average molecular weight is 357 g/mol. The molecule has 1 fully saturated rings. The molecule has 2 N–H and O–H groups in total. The zero-order chi connectivity index (χ0) is 17.9. The van der Waals surface area contributed by atoms with E-state index in [9.17, 15) is 14.4 Å². The zero-order valence-electron chi connectivity index (χ0n) is 13.8. The minimum absolute atomic E-state index is 0.280. The number of thiophene rings is 1. The van der Waals surface area contributed by atoms with Crippen molar-refractivity contribution in [2.75, 3.05) is 13.1 Å². The molecule has 7 heteroatoms. The van der Waals surface area contributed by atoms with Crippen LogP contribution in [0.4, 0.5) is 4.79 Å². The number of urea groups is 1. The van der Waals surface area contributed by atoms with Gasteiger partial charge in [-0.3, -0.25) is 14.5 Å². The summed E-state index contributed by atoms with van der Waals surface area (Å²) in [6.45, 7) is 1.84. The minimum Gasteiger partial charge on any atom is -0.354 e. The molecule has 1 aliphatic heterocycles. The molecule has 2 aromatic rings. The molecule has 1 aromatic heterocycles. The van der Waals surface area contributed by atoms with Crippen molar-refractivity contribution in [3.05, 3.63) is 58.3 Å². The van der Waals surface area contributed by atoms with Crippen molar-refractivity contribution in [3.63, 3.8) is 0 Å². The van der Waals surface area contributed by atoms with E-state index in [1.165, 1.54) is 4.88 Å². The van der Waals surface area contributed by atoms with Crippen LogP contribution in [0.3, 0.4) is 0 Å². The third kappa shape index (κ3) is 3.56. The molecule has 0 unspecified atom stereocenters. The molecule has 0 bridgehead atoms. The Morgan fingerprint density at radius 3 is 2.64 bits per heavy atom. The van der Waals surface area contributed by atoms with Crippen LogP contribution in [0.1, 0.15) is 17.4 Å². The lowest BCUT2D eigenvalue weighted by Gasteiger charge is -2.22. The fraction of sp³-hybridized carbons (Fsp3) is 0.278. The second-order valence-corrected chi connectivity index (χ2v) is 7.02. The van der Waals surface area contributed by atoms with Gasteiger partial charge in [0.15, 0.2) is 0 Å². The van der Waals surface area contributed by atoms with Crippen molar-refractivity contribution < 1.29 is 14.4 Å². The maximum atomic E-state index is 12.7. The van der Waals surface area contributed by atoms with E-state index in [0.717, 1.165) is 11.3 Å². The maximum Gasteiger partial charge on any atom is 0.325 e. The molecule has 0 spiro atoms. The summed E-state index contributed by atoms with van der Waals surface area (Å²) in [6, 6.07) is 12.4. The average Bonchev–Trinajstić information content (AvgIpc) is 3.19. The third-order valence-corrected chi connectivity index (χ3v) is 5.14. The Balaban J connectivity index is 1.60. The van der Waals surface area contributed by atoms with E-state index in [0.29, 0.717) is 12.1 Å². The van der Waals surface area contributed by atoms with Gasteiger partial charge in [0.2, 0.25) is 5.91 Å². The van der Waals surface area contributed by atoms with E-state index >= 15 is 0 Å². The van der Waals surface area contributed by atoms with Gasteiger partial charge in [-0.2, -0.15) is 0 Å². The standard InChI is InChI=1S/C18H19N3O3S/c1-18(13-6-3-2-4-7-13)16(23)21(17(24)20-18)12-15(22)19-10-9-14-8-5-11-25-14/h2-8,11H,9-10,12H2,1H3,(H,19,22)(H,20,24)/t18-/m1/s1. The van der Waals surface area contributed by atoms with Crippen molar-refractivity contribution in [1.82, 2.24) is 15.5 Å². The third-order valence-electron chi connectivity index (χ3n) is 4.20. The van der Waals surface area contributed by atoms with Gasteiger partial charge in [-0.25, -0.2) is 4.79 Å². The molecule has 2 heterocycles. The van der Waals surface area contributed by atoms with Gasteiger partial charge in [-0.15, -0.1) is 11.3 Å². The number of rotatable bonds is 6. The summed E-state index contributed by atoms with van der Waals surface area (Å²) in [6.07, 6.45) is 0.727. The number of amides is 4. The monoisotopic (exact) mass is 357 g/mol. The molecule has 1 aromatic carbocycles. The van der Waals surface area contributed by atoms with Gasteiger partial charge >= 0.3 is 6.03 Å². The first-order chi connectivity index (χ1) is 12.0. The van der Waals surface area contributed by atoms with Crippen LogP contribution >= 0.6 is 11.3 Å². The SMILES string of the molecule is C[C@]1(c2ccccc2)NC(=O)N(CC(=O)NCCc2cccs2)C1=O. The summed E-state index contributed by atoms with van der Waals surface area (Å²) in [5, 5.41) is 7.42. The van der Waals surface area contributed by atoms with Crippen LogP contribution in [-0.4, -0.2) is 35.8 Å². The van der Waals surface area contributed by atoms with Crippen molar-refractivity contribution in [2.24, 2.45) is 0 Å². The molecule has 1 aliphatic rings. The normalized spacial score (nSPS) is 19.8. The van der Waals surface area contributed by atoms with Crippen molar-refractivity contribution >= 4 is 29.2 Å². The number of hydrogen-bond acceptors (Lipinski definition) is 4.